The summed E-state index contributed by atoms with van der Waals surface area (Å²) in [6.45, 7) is 6.01. The molecule has 0 fully saturated rings. The highest BCUT2D eigenvalue weighted by Gasteiger charge is 2.20. The van der Waals surface area contributed by atoms with Crippen LogP contribution in [0.3, 0.4) is 0 Å². The molecule has 1 aromatic heterocycles. The number of nitrogens with zero attached hydrogens (tertiary/aromatic N) is 2. The lowest BCUT2D eigenvalue weighted by atomic mass is 10.0. The number of hydrogen-bond donors (Lipinski definition) is 0. The van der Waals surface area contributed by atoms with Gasteiger partial charge in [-0.15, -0.1) is 0 Å². The maximum atomic E-state index is 9.75. The molecule has 0 saturated heterocycles. The molecule has 1 aromatic carbocycles. The van der Waals surface area contributed by atoms with E-state index in [0.29, 0.717) is 6.04 Å². The first kappa shape index (κ1) is 19.0. The van der Waals surface area contributed by atoms with E-state index < -0.39 is 7.25 Å². The molecule has 0 N–H and O–H groups in total. The summed E-state index contributed by atoms with van der Waals surface area (Å²) >= 11 is 0. The summed E-state index contributed by atoms with van der Waals surface area (Å²) in [4.78, 5) is 4.14. The third-order valence-electron chi connectivity index (χ3n) is 3.26. The Morgan fingerprint density at radius 2 is 1.83 bits per heavy atom. The van der Waals surface area contributed by atoms with Crippen molar-refractivity contribution in [3.8, 4) is 0 Å². The first-order valence-corrected chi connectivity index (χ1v) is 7.39. The highest BCUT2D eigenvalue weighted by molar-refractivity contribution is 6.50. The Hall–Kier alpha value is -2.05. The van der Waals surface area contributed by atoms with Gasteiger partial charge < -0.3 is 21.8 Å². The second-order valence-electron chi connectivity index (χ2n) is 5.10. The van der Waals surface area contributed by atoms with Crippen molar-refractivity contribution < 1.29 is 17.3 Å². The van der Waals surface area contributed by atoms with Crippen molar-refractivity contribution in [2.45, 2.75) is 32.2 Å². The lowest BCUT2D eigenvalue weighted by Gasteiger charge is -2.18. The van der Waals surface area contributed by atoms with E-state index in [0.717, 1.165) is 6.42 Å². The van der Waals surface area contributed by atoms with Gasteiger partial charge >= 0.3 is 7.25 Å². The molecule has 0 aliphatic carbocycles. The monoisotopic (exact) mass is 327 g/mol. The topological polar surface area (TPSA) is 17.8 Å². The zero-order valence-corrected chi connectivity index (χ0v) is 13.0. The van der Waals surface area contributed by atoms with E-state index in [1.807, 2.05) is 18.6 Å². The molecule has 0 saturated carbocycles. The molecule has 23 heavy (non-hydrogen) atoms. The molecular formula is C16H20BF4N2-. The largest absolute Gasteiger partial charge is 0.673 e. The van der Waals surface area contributed by atoms with Crippen LogP contribution in [0, 0.1) is 0 Å². The van der Waals surface area contributed by atoms with Gasteiger partial charge in [-0.2, -0.15) is 0 Å². The molecule has 1 atom stereocenters. The van der Waals surface area contributed by atoms with E-state index in [4.69, 9.17) is 0 Å². The molecule has 0 radical (unpaired) electrons. The lowest BCUT2D eigenvalue weighted by molar-refractivity contribution is 0.368. The van der Waals surface area contributed by atoms with Gasteiger partial charge in [0.25, 0.3) is 0 Å². The smallest absolute Gasteiger partial charge is 0.418 e. The minimum atomic E-state index is -6.00. The molecule has 2 rings (SSSR count). The van der Waals surface area contributed by atoms with Crippen LogP contribution in [-0.4, -0.2) is 16.8 Å². The molecule has 0 amide bonds. The maximum Gasteiger partial charge on any atom is 0.673 e. The Balaban J connectivity index is 0.000000463. The summed E-state index contributed by atoms with van der Waals surface area (Å²) in [6.07, 6.45) is 11.1. The molecule has 1 heterocycles. The Kier molecular flexibility index (Phi) is 7.58. The summed E-state index contributed by atoms with van der Waals surface area (Å²) in [5.74, 6) is 0. The van der Waals surface area contributed by atoms with Crippen molar-refractivity contribution in [3.05, 3.63) is 60.7 Å². The van der Waals surface area contributed by atoms with Crippen LogP contribution in [0.5, 0.6) is 0 Å². The van der Waals surface area contributed by atoms with Crippen molar-refractivity contribution >= 4 is 13.3 Å². The Labute approximate surface area is 134 Å². The first-order chi connectivity index (χ1) is 10.8. The van der Waals surface area contributed by atoms with Crippen molar-refractivity contribution in [3.63, 3.8) is 0 Å². The van der Waals surface area contributed by atoms with Gasteiger partial charge in [0.15, 0.2) is 0 Å². The Bertz CT molecular complexity index is 559. The first-order valence-electron chi connectivity index (χ1n) is 7.39. The fraction of sp³-hybridized carbons (Fsp3) is 0.312. The van der Waals surface area contributed by atoms with Gasteiger partial charge in [0.05, 0.1) is 6.33 Å². The quantitative estimate of drug-likeness (QED) is 0.512. The fourth-order valence-electron chi connectivity index (χ4n) is 2.24. The van der Waals surface area contributed by atoms with Crippen LogP contribution < -0.4 is 0 Å². The number of benzene rings is 1. The maximum absolute atomic E-state index is 9.75. The number of halogens is 4. The van der Waals surface area contributed by atoms with Gasteiger partial charge in [-0.3, -0.25) is 0 Å². The van der Waals surface area contributed by atoms with E-state index in [9.17, 15) is 17.3 Å². The second-order valence-corrected chi connectivity index (χ2v) is 5.10. The van der Waals surface area contributed by atoms with Crippen LogP contribution in [0.4, 0.5) is 17.3 Å². The fourth-order valence-corrected chi connectivity index (χ4v) is 2.24. The molecule has 7 heteroatoms. The van der Waals surface area contributed by atoms with Crippen LogP contribution >= 0.6 is 0 Å². The van der Waals surface area contributed by atoms with Crippen LogP contribution in [0.15, 0.2) is 49.6 Å². The van der Waals surface area contributed by atoms with Crippen LogP contribution in [-0.2, 0) is 6.42 Å². The van der Waals surface area contributed by atoms with Gasteiger partial charge in [-0.05, 0) is 24.0 Å². The molecule has 0 aliphatic rings. The third-order valence-corrected chi connectivity index (χ3v) is 3.26. The highest BCUT2D eigenvalue weighted by Crippen LogP contribution is 2.20. The molecule has 0 bridgehead atoms. The molecule has 0 spiro atoms. The number of hydrogen-bond acceptors (Lipinski definition) is 1. The Morgan fingerprint density at radius 3 is 2.26 bits per heavy atom. The SMILES string of the molecule is C=Cc1ccc(CC(CCC)n2ccnc2)cc1.F[B-](F)(F)F. The molecule has 2 aromatic rings. The number of imidazole rings is 1. The van der Waals surface area contributed by atoms with Crippen molar-refractivity contribution in [1.82, 2.24) is 9.55 Å². The minimum absolute atomic E-state index is 0.507. The summed E-state index contributed by atoms with van der Waals surface area (Å²) in [5, 5.41) is 0. The average Bonchev–Trinajstić information content (AvgIpc) is 3.00. The van der Waals surface area contributed by atoms with Gasteiger partial charge in [0, 0.05) is 18.4 Å². The lowest BCUT2D eigenvalue weighted by Crippen LogP contribution is -2.10. The zero-order chi connectivity index (χ0) is 17.3. The van der Waals surface area contributed by atoms with Gasteiger partial charge in [0.1, 0.15) is 0 Å². The van der Waals surface area contributed by atoms with Crippen molar-refractivity contribution in [2.75, 3.05) is 0 Å². The van der Waals surface area contributed by atoms with Crippen LogP contribution in [0.1, 0.15) is 36.9 Å². The van der Waals surface area contributed by atoms with E-state index in [1.165, 1.54) is 24.0 Å². The van der Waals surface area contributed by atoms with E-state index in [-0.39, 0.29) is 0 Å². The second kappa shape index (κ2) is 9.17. The van der Waals surface area contributed by atoms with Crippen LogP contribution in [0.25, 0.3) is 6.08 Å². The minimum Gasteiger partial charge on any atom is -0.418 e. The molecule has 126 valence electrons. The predicted octanol–water partition coefficient (Wildman–Crippen LogP) is 5.41. The van der Waals surface area contributed by atoms with Gasteiger partial charge in [-0.25, -0.2) is 4.98 Å². The normalized spacial score (nSPS) is 12.2. The van der Waals surface area contributed by atoms with Crippen molar-refractivity contribution in [2.24, 2.45) is 0 Å². The summed E-state index contributed by atoms with van der Waals surface area (Å²) in [6, 6.07) is 9.14. The third kappa shape index (κ3) is 8.23. The predicted molar refractivity (Wildman–Crippen MR) is 86.6 cm³/mol. The number of aromatic nitrogens is 2. The number of rotatable bonds is 6. The van der Waals surface area contributed by atoms with Gasteiger partial charge in [0.2, 0.25) is 0 Å². The van der Waals surface area contributed by atoms with E-state index >= 15 is 0 Å². The van der Waals surface area contributed by atoms with Gasteiger partial charge in [-0.1, -0.05) is 50.3 Å². The molecule has 1 unspecified atom stereocenters. The highest BCUT2D eigenvalue weighted by atomic mass is 19.5. The molecular weight excluding hydrogens is 307 g/mol. The van der Waals surface area contributed by atoms with Crippen molar-refractivity contribution in [1.29, 1.82) is 0 Å². The molecule has 0 aliphatic heterocycles. The summed E-state index contributed by atoms with van der Waals surface area (Å²) < 4.78 is 41.2. The Morgan fingerprint density at radius 1 is 1.22 bits per heavy atom. The molecule has 2 nitrogen and oxygen atoms in total. The van der Waals surface area contributed by atoms with Crippen LogP contribution in [0.2, 0.25) is 0 Å². The summed E-state index contributed by atoms with van der Waals surface area (Å²) in [5.41, 5.74) is 2.54. The average molecular weight is 327 g/mol. The zero-order valence-electron chi connectivity index (χ0n) is 13.0. The standard InChI is InChI=1S/C16H20N2.BF4/c1-3-5-16(18-11-10-17-13-18)12-15-8-6-14(4-2)7-9-15;2-1(3,4)5/h4,6-11,13,16H,2-3,5,12H2,1H3;/q;-1. The van der Waals surface area contributed by atoms with E-state index in [2.05, 4.69) is 53.5 Å². The summed E-state index contributed by atoms with van der Waals surface area (Å²) in [7, 11) is -6.00. The van der Waals surface area contributed by atoms with E-state index in [1.54, 1.807) is 0 Å².